The lowest BCUT2D eigenvalue weighted by atomic mass is 10.4. The zero-order valence-electron chi connectivity index (χ0n) is 5.31. The molecule has 0 saturated heterocycles. The first-order chi connectivity index (χ1) is 4.77. The van der Waals surface area contributed by atoms with Gasteiger partial charge in [0.25, 0.3) is 0 Å². The Kier molecular flexibility index (Phi) is 1.57. The van der Waals surface area contributed by atoms with E-state index < -0.39 is 0 Å². The van der Waals surface area contributed by atoms with E-state index in [9.17, 15) is 9.70 Å². The van der Waals surface area contributed by atoms with Gasteiger partial charge in [0.1, 0.15) is 5.69 Å². The number of nitroso groups, excluding NO2 is 1. The summed E-state index contributed by atoms with van der Waals surface area (Å²) in [7, 11) is 1.57. The SMILES string of the molecule is Cn1nc(N=O)cc1C=O. The summed E-state index contributed by atoms with van der Waals surface area (Å²) in [6, 6.07) is 1.32. The summed E-state index contributed by atoms with van der Waals surface area (Å²) in [4.78, 5) is 20.0. The van der Waals surface area contributed by atoms with Crippen LogP contribution in [0.3, 0.4) is 0 Å². The van der Waals surface area contributed by atoms with Crippen molar-refractivity contribution in [2.24, 2.45) is 12.2 Å². The van der Waals surface area contributed by atoms with E-state index >= 15 is 0 Å². The zero-order chi connectivity index (χ0) is 7.56. The summed E-state index contributed by atoms with van der Waals surface area (Å²) in [5.41, 5.74) is 0.342. The Balaban J connectivity index is 3.15. The van der Waals surface area contributed by atoms with Crippen LogP contribution in [0.15, 0.2) is 11.2 Å². The molecule has 0 bridgehead atoms. The summed E-state index contributed by atoms with van der Waals surface area (Å²) in [5.74, 6) is 0.0320. The van der Waals surface area contributed by atoms with Crippen LogP contribution >= 0.6 is 0 Å². The Bertz CT molecular complexity index is 266. The number of carbonyl (C=O) groups excluding carboxylic acids is 1. The average molecular weight is 139 g/mol. The smallest absolute Gasteiger partial charge is 0.218 e. The van der Waals surface area contributed by atoms with E-state index in [1.807, 2.05) is 0 Å². The molecule has 5 heteroatoms. The highest BCUT2D eigenvalue weighted by atomic mass is 16.3. The van der Waals surface area contributed by atoms with E-state index in [0.717, 1.165) is 0 Å². The number of hydrogen-bond donors (Lipinski definition) is 0. The molecule has 0 aliphatic carbocycles. The normalized spacial score (nSPS) is 9.30. The molecule has 0 aromatic carbocycles. The van der Waals surface area contributed by atoms with Crippen molar-refractivity contribution in [2.45, 2.75) is 0 Å². The van der Waals surface area contributed by atoms with Gasteiger partial charge in [-0.25, -0.2) is 0 Å². The molecule has 0 saturated carbocycles. The Morgan fingerprint density at radius 2 is 2.50 bits per heavy atom. The van der Waals surface area contributed by atoms with Crippen molar-refractivity contribution in [2.75, 3.05) is 0 Å². The minimum absolute atomic E-state index is 0.0320. The third-order valence-electron chi connectivity index (χ3n) is 1.12. The summed E-state index contributed by atoms with van der Waals surface area (Å²) < 4.78 is 1.30. The van der Waals surface area contributed by atoms with Crippen LogP contribution in [0, 0.1) is 4.91 Å². The molecular weight excluding hydrogens is 134 g/mol. The van der Waals surface area contributed by atoms with Crippen molar-refractivity contribution in [1.29, 1.82) is 0 Å². The lowest BCUT2D eigenvalue weighted by molar-refractivity contribution is 0.111. The quantitative estimate of drug-likeness (QED) is 0.446. The first-order valence-corrected chi connectivity index (χ1v) is 2.60. The third-order valence-corrected chi connectivity index (χ3v) is 1.12. The van der Waals surface area contributed by atoms with Gasteiger partial charge in [0.2, 0.25) is 5.82 Å². The Labute approximate surface area is 56.6 Å². The standard InChI is InChI=1S/C5H5N3O2/c1-8-4(3-9)2-5(6-8)7-10/h2-3H,1H3. The second kappa shape index (κ2) is 2.38. The predicted octanol–water partition coefficient (Wildman–Crippen LogP) is 0.630. The molecule has 1 aromatic heterocycles. The van der Waals surface area contributed by atoms with Gasteiger partial charge in [-0.3, -0.25) is 9.48 Å². The molecule has 5 nitrogen and oxygen atoms in total. The highest BCUT2D eigenvalue weighted by Gasteiger charge is 2.01. The lowest BCUT2D eigenvalue weighted by Gasteiger charge is -1.86. The van der Waals surface area contributed by atoms with Crippen molar-refractivity contribution >= 4 is 12.1 Å². The molecule has 1 heterocycles. The van der Waals surface area contributed by atoms with Crippen LogP contribution in [0.25, 0.3) is 0 Å². The monoisotopic (exact) mass is 139 g/mol. The van der Waals surface area contributed by atoms with E-state index in [0.29, 0.717) is 12.0 Å². The summed E-state index contributed by atoms with van der Waals surface area (Å²) in [5, 5.41) is 6.17. The van der Waals surface area contributed by atoms with Gasteiger partial charge < -0.3 is 0 Å². The van der Waals surface area contributed by atoms with Crippen LogP contribution < -0.4 is 0 Å². The van der Waals surface area contributed by atoms with Gasteiger partial charge in [0.15, 0.2) is 6.29 Å². The van der Waals surface area contributed by atoms with Crippen LogP contribution in [0.4, 0.5) is 5.82 Å². The molecule has 52 valence electrons. The van der Waals surface area contributed by atoms with Crippen LogP contribution in [0.5, 0.6) is 0 Å². The molecule has 1 aromatic rings. The number of hydrogen-bond acceptors (Lipinski definition) is 4. The van der Waals surface area contributed by atoms with Gasteiger partial charge in [-0.05, 0) is 5.18 Å². The fraction of sp³-hybridized carbons (Fsp3) is 0.200. The van der Waals surface area contributed by atoms with Crippen LogP contribution in [0.2, 0.25) is 0 Å². The number of rotatable bonds is 2. The Hall–Kier alpha value is -1.52. The number of carbonyl (C=O) groups is 1. The minimum atomic E-state index is 0.0320. The average Bonchev–Trinajstić information content (AvgIpc) is 2.30. The van der Waals surface area contributed by atoms with Crippen LogP contribution in [-0.4, -0.2) is 16.1 Å². The summed E-state index contributed by atoms with van der Waals surface area (Å²) in [6.45, 7) is 0. The highest BCUT2D eigenvalue weighted by Crippen LogP contribution is 2.08. The van der Waals surface area contributed by atoms with Crippen molar-refractivity contribution in [3.63, 3.8) is 0 Å². The molecule has 0 atom stereocenters. The van der Waals surface area contributed by atoms with E-state index in [4.69, 9.17) is 0 Å². The molecule has 0 fully saturated rings. The molecule has 10 heavy (non-hydrogen) atoms. The molecule has 0 aliphatic rings. The number of aromatic nitrogens is 2. The highest BCUT2D eigenvalue weighted by molar-refractivity contribution is 5.73. The van der Waals surface area contributed by atoms with Crippen LogP contribution in [0.1, 0.15) is 10.5 Å². The van der Waals surface area contributed by atoms with Crippen molar-refractivity contribution in [3.8, 4) is 0 Å². The zero-order valence-corrected chi connectivity index (χ0v) is 5.31. The fourth-order valence-corrected chi connectivity index (χ4v) is 0.621. The Morgan fingerprint density at radius 1 is 1.80 bits per heavy atom. The molecule has 1 rings (SSSR count). The van der Waals surface area contributed by atoms with E-state index in [1.54, 1.807) is 7.05 Å². The van der Waals surface area contributed by atoms with E-state index in [-0.39, 0.29) is 5.82 Å². The van der Waals surface area contributed by atoms with Crippen molar-refractivity contribution < 1.29 is 4.79 Å². The topological polar surface area (TPSA) is 64.3 Å². The van der Waals surface area contributed by atoms with Crippen LogP contribution in [-0.2, 0) is 7.05 Å². The van der Waals surface area contributed by atoms with E-state index in [2.05, 4.69) is 10.3 Å². The third kappa shape index (κ3) is 0.928. The molecule has 0 N–H and O–H groups in total. The number of nitrogens with zero attached hydrogens (tertiary/aromatic N) is 3. The van der Waals surface area contributed by atoms with Gasteiger partial charge >= 0.3 is 0 Å². The maximum atomic E-state index is 10.2. The number of aldehydes is 1. The molecule has 0 spiro atoms. The predicted molar refractivity (Wildman–Crippen MR) is 34.1 cm³/mol. The van der Waals surface area contributed by atoms with Gasteiger partial charge in [0.05, 0.1) is 0 Å². The molecule has 0 radical (unpaired) electrons. The molecule has 0 amide bonds. The molecular formula is C5H5N3O2. The lowest BCUT2D eigenvalue weighted by Crippen LogP contribution is -1.94. The van der Waals surface area contributed by atoms with Gasteiger partial charge in [0, 0.05) is 13.1 Å². The van der Waals surface area contributed by atoms with Gasteiger partial charge in [-0.15, -0.1) is 10.0 Å². The maximum absolute atomic E-state index is 10.2. The first kappa shape index (κ1) is 6.60. The van der Waals surface area contributed by atoms with Gasteiger partial charge in [-0.1, -0.05) is 0 Å². The second-order valence-corrected chi connectivity index (χ2v) is 1.76. The van der Waals surface area contributed by atoms with Crippen molar-refractivity contribution in [3.05, 3.63) is 16.7 Å². The molecule has 0 unspecified atom stereocenters. The Morgan fingerprint density at radius 3 is 2.80 bits per heavy atom. The largest absolute Gasteiger partial charge is 0.296 e. The van der Waals surface area contributed by atoms with Gasteiger partial charge in [-0.2, -0.15) is 0 Å². The molecule has 0 aliphatic heterocycles. The van der Waals surface area contributed by atoms with E-state index in [1.165, 1.54) is 10.7 Å². The maximum Gasteiger partial charge on any atom is 0.218 e. The summed E-state index contributed by atoms with van der Waals surface area (Å²) in [6.07, 6.45) is 0.613. The second-order valence-electron chi connectivity index (χ2n) is 1.76. The summed E-state index contributed by atoms with van der Waals surface area (Å²) >= 11 is 0. The first-order valence-electron chi connectivity index (χ1n) is 2.60. The number of aryl methyl sites for hydroxylation is 1. The van der Waals surface area contributed by atoms with Crippen molar-refractivity contribution in [1.82, 2.24) is 9.78 Å². The fourth-order valence-electron chi connectivity index (χ4n) is 0.621. The minimum Gasteiger partial charge on any atom is -0.296 e.